The van der Waals surface area contributed by atoms with Gasteiger partial charge in [0.25, 0.3) is 5.91 Å². The fourth-order valence-electron chi connectivity index (χ4n) is 2.74. The van der Waals surface area contributed by atoms with E-state index in [0.29, 0.717) is 29.2 Å². The van der Waals surface area contributed by atoms with Crippen LogP contribution in [0.25, 0.3) is 0 Å². The van der Waals surface area contributed by atoms with Crippen LogP contribution in [0.1, 0.15) is 28.8 Å². The quantitative estimate of drug-likeness (QED) is 0.924. The number of benzene rings is 2. The molecule has 0 saturated carbocycles. The zero-order chi connectivity index (χ0) is 16.4. The molecule has 0 spiro atoms. The normalized spacial score (nSPS) is 14.2. The van der Waals surface area contributed by atoms with Crippen LogP contribution in [-0.2, 0) is 4.79 Å². The summed E-state index contributed by atoms with van der Waals surface area (Å²) in [4.78, 5) is 26.3. The number of halogens is 1. The van der Waals surface area contributed by atoms with Crippen molar-refractivity contribution in [2.75, 3.05) is 16.8 Å². The monoisotopic (exact) mass is 328 g/mol. The molecule has 1 N–H and O–H groups in total. The number of carbonyl (C=O) groups is 2. The zero-order valence-corrected chi connectivity index (χ0v) is 13.6. The molecule has 2 aromatic carbocycles. The Bertz CT molecular complexity index is 773. The van der Waals surface area contributed by atoms with Crippen LogP contribution < -0.4 is 10.2 Å². The summed E-state index contributed by atoms with van der Waals surface area (Å²) < 4.78 is 0. The largest absolute Gasteiger partial charge is 0.322 e. The predicted molar refractivity (Wildman–Crippen MR) is 92.2 cm³/mol. The number of hydrogen-bond donors (Lipinski definition) is 1. The van der Waals surface area contributed by atoms with Crippen molar-refractivity contribution in [1.29, 1.82) is 0 Å². The van der Waals surface area contributed by atoms with E-state index in [-0.39, 0.29) is 11.8 Å². The minimum atomic E-state index is -0.248. The second-order valence-electron chi connectivity index (χ2n) is 5.63. The SMILES string of the molecule is Cc1cccc(NC(=O)c2ccc(Cl)cc2N2CCCC2=O)c1. The smallest absolute Gasteiger partial charge is 0.257 e. The molecule has 1 saturated heterocycles. The molecule has 5 heteroatoms. The molecule has 0 unspecified atom stereocenters. The molecule has 3 rings (SSSR count). The Morgan fingerprint density at radius 2 is 2.04 bits per heavy atom. The first-order valence-electron chi connectivity index (χ1n) is 7.52. The number of amides is 2. The van der Waals surface area contributed by atoms with Crippen molar-refractivity contribution < 1.29 is 9.59 Å². The first-order valence-corrected chi connectivity index (χ1v) is 7.90. The van der Waals surface area contributed by atoms with Crippen molar-refractivity contribution in [3.63, 3.8) is 0 Å². The molecule has 118 valence electrons. The molecular formula is C18H17ClN2O2. The number of rotatable bonds is 3. The van der Waals surface area contributed by atoms with Gasteiger partial charge in [0.05, 0.1) is 11.3 Å². The maximum Gasteiger partial charge on any atom is 0.257 e. The van der Waals surface area contributed by atoms with E-state index in [1.54, 1.807) is 23.1 Å². The van der Waals surface area contributed by atoms with E-state index in [1.165, 1.54) is 0 Å². The lowest BCUT2D eigenvalue weighted by atomic mass is 10.1. The highest BCUT2D eigenvalue weighted by atomic mass is 35.5. The molecule has 0 atom stereocenters. The first kappa shape index (κ1) is 15.6. The predicted octanol–water partition coefficient (Wildman–Crippen LogP) is 4.03. The van der Waals surface area contributed by atoms with Crippen LogP contribution in [0.2, 0.25) is 5.02 Å². The third-order valence-electron chi connectivity index (χ3n) is 3.84. The van der Waals surface area contributed by atoms with Crippen molar-refractivity contribution in [1.82, 2.24) is 0 Å². The van der Waals surface area contributed by atoms with E-state index in [9.17, 15) is 9.59 Å². The van der Waals surface area contributed by atoms with Gasteiger partial charge in [0.2, 0.25) is 5.91 Å². The Labute approximate surface area is 140 Å². The summed E-state index contributed by atoms with van der Waals surface area (Å²) in [5, 5.41) is 3.38. The molecule has 1 aliphatic rings. The van der Waals surface area contributed by atoms with Crippen molar-refractivity contribution in [2.24, 2.45) is 0 Å². The van der Waals surface area contributed by atoms with Gasteiger partial charge in [0.1, 0.15) is 0 Å². The van der Waals surface area contributed by atoms with Gasteiger partial charge in [-0.2, -0.15) is 0 Å². The van der Waals surface area contributed by atoms with E-state index in [2.05, 4.69) is 5.32 Å². The number of carbonyl (C=O) groups excluding carboxylic acids is 2. The first-order chi connectivity index (χ1) is 11.0. The third-order valence-corrected chi connectivity index (χ3v) is 4.08. The lowest BCUT2D eigenvalue weighted by Gasteiger charge is -2.20. The van der Waals surface area contributed by atoms with Crippen LogP contribution in [-0.4, -0.2) is 18.4 Å². The van der Waals surface area contributed by atoms with Gasteiger partial charge in [0.15, 0.2) is 0 Å². The standard InChI is InChI=1S/C18H17ClN2O2/c1-12-4-2-5-14(10-12)20-18(23)15-8-7-13(19)11-16(15)21-9-3-6-17(21)22/h2,4-5,7-8,10-11H,3,6,9H2,1H3,(H,20,23). The molecule has 0 radical (unpaired) electrons. The molecule has 0 aromatic heterocycles. The van der Waals surface area contributed by atoms with Gasteiger partial charge in [-0.15, -0.1) is 0 Å². The molecule has 2 amide bonds. The van der Waals surface area contributed by atoms with Crippen molar-refractivity contribution >= 4 is 34.8 Å². The molecule has 2 aromatic rings. The van der Waals surface area contributed by atoms with Gasteiger partial charge >= 0.3 is 0 Å². The highest BCUT2D eigenvalue weighted by Crippen LogP contribution is 2.29. The summed E-state index contributed by atoms with van der Waals surface area (Å²) in [5.41, 5.74) is 2.81. The van der Waals surface area contributed by atoms with Crippen LogP contribution in [0.15, 0.2) is 42.5 Å². The second kappa shape index (κ2) is 6.42. The Morgan fingerprint density at radius 1 is 1.22 bits per heavy atom. The molecule has 1 fully saturated rings. The molecule has 4 nitrogen and oxygen atoms in total. The van der Waals surface area contributed by atoms with Crippen molar-refractivity contribution in [3.05, 3.63) is 58.6 Å². The fraction of sp³-hybridized carbons (Fsp3) is 0.222. The summed E-state index contributed by atoms with van der Waals surface area (Å²) in [5.74, 6) is -0.223. The van der Waals surface area contributed by atoms with E-state index >= 15 is 0 Å². The second-order valence-corrected chi connectivity index (χ2v) is 6.07. The highest BCUT2D eigenvalue weighted by Gasteiger charge is 2.26. The van der Waals surface area contributed by atoms with Crippen molar-refractivity contribution in [2.45, 2.75) is 19.8 Å². The summed E-state index contributed by atoms with van der Waals surface area (Å²) in [6.45, 7) is 2.58. The van der Waals surface area contributed by atoms with Crippen LogP contribution in [0.5, 0.6) is 0 Å². The van der Waals surface area contributed by atoms with E-state index in [0.717, 1.165) is 17.7 Å². The van der Waals surface area contributed by atoms with E-state index in [4.69, 9.17) is 11.6 Å². The molecule has 0 aliphatic carbocycles. The van der Waals surface area contributed by atoms with E-state index in [1.807, 2.05) is 31.2 Å². The zero-order valence-electron chi connectivity index (χ0n) is 12.8. The third kappa shape index (κ3) is 3.37. The number of anilines is 2. The van der Waals surface area contributed by atoms with Crippen LogP contribution in [0, 0.1) is 6.92 Å². The molecular weight excluding hydrogens is 312 g/mol. The average Bonchev–Trinajstić information content (AvgIpc) is 2.93. The lowest BCUT2D eigenvalue weighted by molar-refractivity contribution is -0.117. The fourth-order valence-corrected chi connectivity index (χ4v) is 2.91. The van der Waals surface area contributed by atoms with Crippen LogP contribution >= 0.6 is 11.6 Å². The summed E-state index contributed by atoms with van der Waals surface area (Å²) >= 11 is 6.06. The van der Waals surface area contributed by atoms with Crippen LogP contribution in [0.4, 0.5) is 11.4 Å². The number of nitrogens with zero attached hydrogens (tertiary/aromatic N) is 1. The summed E-state index contributed by atoms with van der Waals surface area (Å²) in [6, 6.07) is 12.6. The maximum absolute atomic E-state index is 12.6. The molecule has 1 heterocycles. The van der Waals surface area contributed by atoms with Gasteiger partial charge in [-0.25, -0.2) is 0 Å². The Hall–Kier alpha value is -2.33. The number of hydrogen-bond acceptors (Lipinski definition) is 2. The Balaban J connectivity index is 1.92. The average molecular weight is 329 g/mol. The Morgan fingerprint density at radius 3 is 2.74 bits per heavy atom. The number of aryl methyl sites for hydroxylation is 1. The minimum Gasteiger partial charge on any atom is -0.322 e. The van der Waals surface area contributed by atoms with Gasteiger partial charge < -0.3 is 10.2 Å². The molecule has 1 aliphatic heterocycles. The van der Waals surface area contributed by atoms with Gasteiger partial charge in [-0.1, -0.05) is 23.7 Å². The van der Waals surface area contributed by atoms with Crippen LogP contribution in [0.3, 0.4) is 0 Å². The van der Waals surface area contributed by atoms with Gasteiger partial charge in [-0.3, -0.25) is 9.59 Å². The van der Waals surface area contributed by atoms with Gasteiger partial charge in [0, 0.05) is 23.7 Å². The lowest BCUT2D eigenvalue weighted by Crippen LogP contribution is -2.27. The maximum atomic E-state index is 12.6. The summed E-state index contributed by atoms with van der Waals surface area (Å²) in [6.07, 6.45) is 1.30. The summed E-state index contributed by atoms with van der Waals surface area (Å²) in [7, 11) is 0. The highest BCUT2D eigenvalue weighted by molar-refractivity contribution is 6.31. The molecule has 23 heavy (non-hydrogen) atoms. The number of nitrogens with one attached hydrogen (secondary N) is 1. The minimum absolute atomic E-state index is 0.0249. The van der Waals surface area contributed by atoms with E-state index < -0.39 is 0 Å². The topological polar surface area (TPSA) is 49.4 Å². The Kier molecular flexibility index (Phi) is 4.35. The van der Waals surface area contributed by atoms with Crippen molar-refractivity contribution in [3.8, 4) is 0 Å². The van der Waals surface area contributed by atoms with Gasteiger partial charge in [-0.05, 0) is 49.2 Å². The molecule has 0 bridgehead atoms.